The fraction of sp³-hybridized carbons (Fsp3) is 0.0556. The van der Waals surface area contributed by atoms with Gasteiger partial charge in [0.15, 0.2) is 0 Å². The van der Waals surface area contributed by atoms with E-state index in [9.17, 15) is 4.79 Å². The smallest absolute Gasteiger partial charge is 0.260 e. The lowest BCUT2D eigenvalue weighted by atomic mass is 10.1. The van der Waals surface area contributed by atoms with Gasteiger partial charge >= 0.3 is 0 Å². The predicted octanol–water partition coefficient (Wildman–Crippen LogP) is 5.43. The van der Waals surface area contributed by atoms with Crippen LogP contribution in [0.5, 0.6) is 0 Å². The zero-order valence-electron chi connectivity index (χ0n) is 12.1. The highest BCUT2D eigenvalue weighted by molar-refractivity contribution is 6.34. The topological polar surface area (TPSA) is 33.5 Å². The van der Waals surface area contributed by atoms with Crippen molar-refractivity contribution in [2.75, 3.05) is 4.90 Å². The summed E-state index contributed by atoms with van der Waals surface area (Å²) >= 11 is 12.1. The molecule has 0 bridgehead atoms. The number of halogens is 2. The fourth-order valence-electron chi connectivity index (χ4n) is 2.24. The minimum absolute atomic E-state index is 0.200. The summed E-state index contributed by atoms with van der Waals surface area (Å²) in [4.78, 5) is 14.6. The molecule has 3 nitrogen and oxygen atoms in total. The van der Waals surface area contributed by atoms with Crippen molar-refractivity contribution < 1.29 is 9.21 Å². The molecule has 0 aliphatic rings. The first-order valence-corrected chi connectivity index (χ1v) is 7.75. The van der Waals surface area contributed by atoms with Gasteiger partial charge in [-0.2, -0.15) is 0 Å². The van der Waals surface area contributed by atoms with Gasteiger partial charge in [-0.1, -0.05) is 35.3 Å². The Morgan fingerprint density at radius 2 is 1.70 bits per heavy atom. The van der Waals surface area contributed by atoms with Crippen LogP contribution < -0.4 is 4.90 Å². The van der Waals surface area contributed by atoms with Crippen LogP contribution in [0.1, 0.15) is 16.1 Å². The number of amides is 1. The van der Waals surface area contributed by atoms with Gasteiger partial charge in [-0.25, -0.2) is 0 Å². The number of benzene rings is 2. The third kappa shape index (κ3) is 3.58. The van der Waals surface area contributed by atoms with Crippen molar-refractivity contribution in [3.8, 4) is 0 Å². The first-order valence-electron chi connectivity index (χ1n) is 6.99. The number of carbonyl (C=O) groups excluding carboxylic acids is 1. The number of anilines is 1. The van der Waals surface area contributed by atoms with Gasteiger partial charge in [-0.15, -0.1) is 0 Å². The minimum atomic E-state index is -0.200. The lowest BCUT2D eigenvalue weighted by Crippen LogP contribution is -2.30. The molecule has 0 radical (unpaired) electrons. The van der Waals surface area contributed by atoms with Gasteiger partial charge in [-0.05, 0) is 48.5 Å². The summed E-state index contributed by atoms with van der Waals surface area (Å²) in [6, 6.07) is 17.7. The van der Waals surface area contributed by atoms with Gasteiger partial charge in [0, 0.05) is 10.7 Å². The molecule has 1 aromatic heterocycles. The molecule has 0 saturated heterocycles. The van der Waals surface area contributed by atoms with E-state index in [0.717, 1.165) is 5.69 Å². The number of nitrogens with zero attached hydrogens (tertiary/aromatic N) is 1. The van der Waals surface area contributed by atoms with Crippen LogP contribution in [0.2, 0.25) is 10.0 Å². The van der Waals surface area contributed by atoms with Crippen LogP contribution >= 0.6 is 23.2 Å². The zero-order chi connectivity index (χ0) is 16.2. The molecule has 3 aromatic rings. The van der Waals surface area contributed by atoms with E-state index in [1.165, 1.54) is 0 Å². The molecule has 2 aromatic carbocycles. The number of hydrogen-bond acceptors (Lipinski definition) is 2. The summed E-state index contributed by atoms with van der Waals surface area (Å²) in [5.74, 6) is 0.481. The predicted molar refractivity (Wildman–Crippen MR) is 92.1 cm³/mol. The van der Waals surface area contributed by atoms with E-state index in [0.29, 0.717) is 27.9 Å². The average molecular weight is 346 g/mol. The number of furan rings is 1. The van der Waals surface area contributed by atoms with Crippen LogP contribution in [-0.4, -0.2) is 5.91 Å². The van der Waals surface area contributed by atoms with E-state index in [-0.39, 0.29) is 5.91 Å². The number of carbonyl (C=O) groups is 1. The maximum atomic E-state index is 12.9. The van der Waals surface area contributed by atoms with E-state index in [1.807, 2.05) is 6.07 Å². The molecule has 1 heterocycles. The van der Waals surface area contributed by atoms with Crippen molar-refractivity contribution in [1.29, 1.82) is 0 Å². The monoisotopic (exact) mass is 345 g/mol. The minimum Gasteiger partial charge on any atom is -0.467 e. The molecule has 0 spiro atoms. The second-order valence-electron chi connectivity index (χ2n) is 4.93. The summed E-state index contributed by atoms with van der Waals surface area (Å²) in [5, 5.41) is 1.02. The van der Waals surface area contributed by atoms with Crippen LogP contribution in [-0.2, 0) is 6.54 Å². The Bertz CT molecular complexity index is 798. The van der Waals surface area contributed by atoms with Gasteiger partial charge in [0.25, 0.3) is 5.91 Å². The first-order chi connectivity index (χ1) is 11.1. The maximum absolute atomic E-state index is 12.9. The van der Waals surface area contributed by atoms with E-state index < -0.39 is 0 Å². The van der Waals surface area contributed by atoms with Gasteiger partial charge < -0.3 is 9.32 Å². The third-order valence-corrected chi connectivity index (χ3v) is 3.96. The van der Waals surface area contributed by atoms with Crippen molar-refractivity contribution in [2.24, 2.45) is 0 Å². The largest absolute Gasteiger partial charge is 0.467 e. The van der Waals surface area contributed by atoms with Crippen molar-refractivity contribution in [1.82, 2.24) is 0 Å². The van der Waals surface area contributed by atoms with Crippen LogP contribution in [0, 0.1) is 0 Å². The number of rotatable bonds is 4. The molecule has 0 fully saturated rings. The Morgan fingerprint density at radius 3 is 2.35 bits per heavy atom. The Morgan fingerprint density at radius 1 is 0.957 bits per heavy atom. The Balaban J connectivity index is 1.99. The Labute approximate surface area is 144 Å². The highest BCUT2D eigenvalue weighted by atomic mass is 35.5. The van der Waals surface area contributed by atoms with Gasteiger partial charge in [-0.3, -0.25) is 4.79 Å². The van der Waals surface area contributed by atoms with E-state index in [4.69, 9.17) is 27.6 Å². The molecule has 0 aliphatic carbocycles. The Kier molecular flexibility index (Phi) is 4.70. The summed E-state index contributed by atoms with van der Waals surface area (Å²) in [7, 11) is 0. The molecule has 116 valence electrons. The summed E-state index contributed by atoms with van der Waals surface area (Å²) < 4.78 is 5.37. The van der Waals surface area contributed by atoms with Crippen molar-refractivity contribution in [3.05, 3.63) is 88.3 Å². The van der Waals surface area contributed by atoms with Crippen LogP contribution in [0.25, 0.3) is 0 Å². The standard InChI is InChI=1S/C18H13Cl2NO2/c19-13-7-9-14(10-8-13)21(12-15-4-3-11-23-15)18(22)16-5-1-2-6-17(16)20/h1-11H,12H2. The molecule has 23 heavy (non-hydrogen) atoms. The van der Waals surface area contributed by atoms with Crippen LogP contribution in [0.15, 0.2) is 71.3 Å². The van der Waals surface area contributed by atoms with Crippen molar-refractivity contribution >= 4 is 34.8 Å². The molecule has 0 atom stereocenters. The molecule has 5 heteroatoms. The molecule has 0 saturated carbocycles. The van der Waals surface area contributed by atoms with Crippen molar-refractivity contribution in [2.45, 2.75) is 6.54 Å². The second kappa shape index (κ2) is 6.90. The molecular weight excluding hydrogens is 333 g/mol. The van der Waals surface area contributed by atoms with Crippen molar-refractivity contribution in [3.63, 3.8) is 0 Å². The summed E-state index contributed by atoms with van der Waals surface area (Å²) in [6.45, 7) is 0.304. The van der Waals surface area contributed by atoms with Gasteiger partial charge in [0.1, 0.15) is 5.76 Å². The SMILES string of the molecule is O=C(c1ccccc1Cl)N(Cc1ccco1)c1ccc(Cl)cc1. The lowest BCUT2D eigenvalue weighted by Gasteiger charge is -2.22. The fourth-order valence-corrected chi connectivity index (χ4v) is 2.58. The molecule has 1 amide bonds. The van der Waals surface area contributed by atoms with Gasteiger partial charge in [0.05, 0.1) is 23.4 Å². The number of hydrogen-bond donors (Lipinski definition) is 0. The molecule has 0 N–H and O–H groups in total. The first kappa shape index (κ1) is 15.7. The van der Waals surface area contributed by atoms with Crippen LogP contribution in [0.4, 0.5) is 5.69 Å². The quantitative estimate of drug-likeness (QED) is 0.631. The van der Waals surface area contributed by atoms with E-state index in [1.54, 1.807) is 65.8 Å². The highest BCUT2D eigenvalue weighted by Crippen LogP contribution is 2.25. The van der Waals surface area contributed by atoms with E-state index in [2.05, 4.69) is 0 Å². The van der Waals surface area contributed by atoms with Crippen LogP contribution in [0.3, 0.4) is 0 Å². The normalized spacial score (nSPS) is 10.5. The molecular formula is C18H13Cl2NO2. The third-order valence-electron chi connectivity index (χ3n) is 3.38. The lowest BCUT2D eigenvalue weighted by molar-refractivity contribution is 0.0983. The molecule has 3 rings (SSSR count). The zero-order valence-corrected chi connectivity index (χ0v) is 13.6. The maximum Gasteiger partial charge on any atom is 0.260 e. The Hall–Kier alpha value is -2.23. The van der Waals surface area contributed by atoms with E-state index >= 15 is 0 Å². The highest BCUT2D eigenvalue weighted by Gasteiger charge is 2.21. The molecule has 0 aliphatic heterocycles. The summed E-state index contributed by atoms with van der Waals surface area (Å²) in [5.41, 5.74) is 1.16. The second-order valence-corrected chi connectivity index (χ2v) is 5.77. The summed E-state index contributed by atoms with van der Waals surface area (Å²) in [6.07, 6.45) is 1.58. The van der Waals surface area contributed by atoms with Gasteiger partial charge in [0.2, 0.25) is 0 Å². The molecule has 0 unspecified atom stereocenters. The average Bonchev–Trinajstić information content (AvgIpc) is 3.07.